The molecule has 0 aromatic carbocycles. The van der Waals surface area contributed by atoms with Crippen molar-refractivity contribution in [1.82, 2.24) is 15.0 Å². The summed E-state index contributed by atoms with van der Waals surface area (Å²) < 4.78 is 10.9. The highest BCUT2D eigenvalue weighted by Crippen LogP contribution is 2.26. The van der Waals surface area contributed by atoms with Gasteiger partial charge in [-0.1, -0.05) is 11.6 Å². The summed E-state index contributed by atoms with van der Waals surface area (Å²) in [6.45, 7) is 1.63. The molecule has 7 heteroatoms. The Bertz CT molecular complexity index is 623. The van der Waals surface area contributed by atoms with Gasteiger partial charge in [0.05, 0.1) is 31.1 Å². The molecule has 0 spiro atoms. The number of pyridine rings is 1. The van der Waals surface area contributed by atoms with E-state index in [2.05, 4.69) is 19.9 Å². The average Bonchev–Trinajstić information content (AvgIpc) is 2.56. The highest BCUT2D eigenvalue weighted by atomic mass is 35.5. The SMILES string of the molecule is COc1cnc(OC2CCCN(c3ncccc3Cl)C2)nc1. The van der Waals surface area contributed by atoms with Crippen LogP contribution in [0.4, 0.5) is 5.82 Å². The first-order valence-electron chi connectivity index (χ1n) is 7.14. The van der Waals surface area contributed by atoms with Crippen molar-refractivity contribution in [3.8, 4) is 11.8 Å². The lowest BCUT2D eigenvalue weighted by molar-refractivity contribution is 0.164. The number of halogens is 1. The minimum atomic E-state index is 0.0141. The van der Waals surface area contributed by atoms with E-state index in [-0.39, 0.29) is 6.10 Å². The number of methoxy groups -OCH3 is 1. The van der Waals surface area contributed by atoms with E-state index in [1.54, 1.807) is 25.7 Å². The van der Waals surface area contributed by atoms with Crippen molar-refractivity contribution in [2.75, 3.05) is 25.1 Å². The van der Waals surface area contributed by atoms with Crippen LogP contribution < -0.4 is 14.4 Å². The highest BCUT2D eigenvalue weighted by molar-refractivity contribution is 6.32. The number of hydrogen-bond donors (Lipinski definition) is 0. The van der Waals surface area contributed by atoms with Crippen LogP contribution in [0.5, 0.6) is 11.8 Å². The van der Waals surface area contributed by atoms with Crippen LogP contribution in [-0.2, 0) is 0 Å². The normalized spacial score (nSPS) is 18.1. The second-order valence-electron chi connectivity index (χ2n) is 5.04. The Morgan fingerprint density at radius 1 is 1.27 bits per heavy atom. The van der Waals surface area contributed by atoms with Crippen molar-refractivity contribution in [1.29, 1.82) is 0 Å². The van der Waals surface area contributed by atoms with E-state index >= 15 is 0 Å². The summed E-state index contributed by atoms with van der Waals surface area (Å²) >= 11 is 6.22. The molecular weight excluding hydrogens is 304 g/mol. The smallest absolute Gasteiger partial charge is 0.316 e. The Balaban J connectivity index is 1.66. The van der Waals surface area contributed by atoms with Gasteiger partial charge in [-0.15, -0.1) is 0 Å². The largest absolute Gasteiger partial charge is 0.494 e. The summed E-state index contributed by atoms with van der Waals surface area (Å²) in [7, 11) is 1.58. The third kappa shape index (κ3) is 3.39. The molecule has 1 aliphatic rings. The second-order valence-corrected chi connectivity index (χ2v) is 5.45. The van der Waals surface area contributed by atoms with Crippen molar-refractivity contribution in [3.63, 3.8) is 0 Å². The van der Waals surface area contributed by atoms with Crippen LogP contribution in [0.15, 0.2) is 30.7 Å². The van der Waals surface area contributed by atoms with Crippen molar-refractivity contribution >= 4 is 17.4 Å². The summed E-state index contributed by atoms with van der Waals surface area (Å²) in [5.74, 6) is 1.41. The first kappa shape index (κ1) is 14.8. The van der Waals surface area contributed by atoms with Gasteiger partial charge < -0.3 is 14.4 Å². The minimum Gasteiger partial charge on any atom is -0.494 e. The lowest BCUT2D eigenvalue weighted by atomic mass is 10.1. The van der Waals surface area contributed by atoms with Gasteiger partial charge in [0.25, 0.3) is 0 Å². The zero-order valence-corrected chi connectivity index (χ0v) is 13.0. The molecule has 0 N–H and O–H groups in total. The number of aromatic nitrogens is 3. The molecule has 0 aliphatic carbocycles. The molecular formula is C15H17ClN4O2. The number of rotatable bonds is 4. The van der Waals surface area contributed by atoms with Gasteiger partial charge >= 0.3 is 6.01 Å². The Hall–Kier alpha value is -2.08. The van der Waals surface area contributed by atoms with Gasteiger partial charge in [0.15, 0.2) is 5.75 Å². The molecule has 6 nitrogen and oxygen atoms in total. The van der Waals surface area contributed by atoms with Crippen LogP contribution in [0.2, 0.25) is 5.02 Å². The Kier molecular flexibility index (Phi) is 4.58. The quantitative estimate of drug-likeness (QED) is 0.863. The fourth-order valence-electron chi connectivity index (χ4n) is 2.46. The average molecular weight is 321 g/mol. The monoisotopic (exact) mass is 320 g/mol. The topological polar surface area (TPSA) is 60.4 Å². The molecule has 1 atom stereocenters. The van der Waals surface area contributed by atoms with Crippen LogP contribution in [0, 0.1) is 0 Å². The molecule has 3 heterocycles. The third-order valence-corrected chi connectivity index (χ3v) is 3.82. The number of piperidine rings is 1. The van der Waals surface area contributed by atoms with Gasteiger partial charge in [-0.25, -0.2) is 4.98 Å². The molecule has 0 bridgehead atoms. The molecule has 1 saturated heterocycles. The first-order valence-corrected chi connectivity index (χ1v) is 7.52. The van der Waals surface area contributed by atoms with E-state index in [1.807, 2.05) is 12.1 Å². The molecule has 0 radical (unpaired) electrons. The number of hydrogen-bond acceptors (Lipinski definition) is 6. The van der Waals surface area contributed by atoms with Gasteiger partial charge in [-0.2, -0.15) is 9.97 Å². The van der Waals surface area contributed by atoms with E-state index in [1.165, 1.54) is 0 Å². The van der Waals surface area contributed by atoms with E-state index in [0.717, 1.165) is 25.2 Å². The fraction of sp³-hybridized carbons (Fsp3) is 0.400. The highest BCUT2D eigenvalue weighted by Gasteiger charge is 2.24. The molecule has 3 rings (SSSR count). The predicted octanol–water partition coefficient (Wildman–Crippen LogP) is 2.58. The van der Waals surface area contributed by atoms with E-state index < -0.39 is 0 Å². The third-order valence-electron chi connectivity index (χ3n) is 3.53. The number of anilines is 1. The van der Waals surface area contributed by atoms with Crippen LogP contribution >= 0.6 is 11.6 Å². The van der Waals surface area contributed by atoms with Crippen LogP contribution in [-0.4, -0.2) is 41.3 Å². The van der Waals surface area contributed by atoms with Crippen LogP contribution in [0.1, 0.15) is 12.8 Å². The van der Waals surface area contributed by atoms with Crippen molar-refractivity contribution in [2.24, 2.45) is 0 Å². The lowest BCUT2D eigenvalue weighted by Crippen LogP contribution is -2.41. The van der Waals surface area contributed by atoms with Crippen molar-refractivity contribution in [2.45, 2.75) is 18.9 Å². The van der Waals surface area contributed by atoms with E-state index in [4.69, 9.17) is 21.1 Å². The van der Waals surface area contributed by atoms with Gasteiger partial charge in [0.1, 0.15) is 11.9 Å². The maximum absolute atomic E-state index is 6.22. The first-order chi connectivity index (χ1) is 10.8. The predicted molar refractivity (Wildman–Crippen MR) is 83.7 cm³/mol. The molecule has 1 fully saturated rings. The Morgan fingerprint density at radius 3 is 2.82 bits per heavy atom. The minimum absolute atomic E-state index is 0.0141. The maximum Gasteiger partial charge on any atom is 0.316 e. The molecule has 2 aromatic rings. The second kappa shape index (κ2) is 6.79. The summed E-state index contributed by atoms with van der Waals surface area (Å²) in [6, 6.07) is 4.04. The van der Waals surface area contributed by atoms with Crippen LogP contribution in [0.3, 0.4) is 0 Å². The van der Waals surface area contributed by atoms with Gasteiger partial charge in [-0.3, -0.25) is 0 Å². The summed E-state index contributed by atoms with van der Waals surface area (Å²) in [6.07, 6.45) is 6.92. The number of ether oxygens (including phenoxy) is 2. The van der Waals surface area contributed by atoms with Gasteiger partial charge in [0, 0.05) is 12.7 Å². The summed E-state index contributed by atoms with van der Waals surface area (Å²) in [5, 5.41) is 0.656. The van der Waals surface area contributed by atoms with Gasteiger partial charge in [0.2, 0.25) is 0 Å². The van der Waals surface area contributed by atoms with Gasteiger partial charge in [-0.05, 0) is 25.0 Å². The van der Waals surface area contributed by atoms with E-state index in [9.17, 15) is 0 Å². The van der Waals surface area contributed by atoms with Crippen molar-refractivity contribution < 1.29 is 9.47 Å². The molecule has 1 aliphatic heterocycles. The molecule has 22 heavy (non-hydrogen) atoms. The standard InChI is InChI=1S/C15H17ClN4O2/c1-21-12-8-18-15(19-9-12)22-11-4-3-7-20(10-11)14-13(16)5-2-6-17-14/h2,5-6,8-9,11H,3-4,7,10H2,1H3. The summed E-state index contributed by atoms with van der Waals surface area (Å²) in [4.78, 5) is 14.8. The van der Waals surface area contributed by atoms with Crippen molar-refractivity contribution in [3.05, 3.63) is 35.7 Å². The van der Waals surface area contributed by atoms with E-state index in [0.29, 0.717) is 23.3 Å². The zero-order valence-electron chi connectivity index (χ0n) is 12.3. The molecule has 1 unspecified atom stereocenters. The fourth-order valence-corrected chi connectivity index (χ4v) is 2.70. The summed E-state index contributed by atoms with van der Waals surface area (Å²) in [5.41, 5.74) is 0. The molecule has 2 aromatic heterocycles. The Morgan fingerprint density at radius 2 is 2.09 bits per heavy atom. The Labute approximate surface area is 134 Å². The zero-order chi connectivity index (χ0) is 15.4. The number of nitrogens with zero attached hydrogens (tertiary/aromatic N) is 4. The maximum atomic E-state index is 6.22. The molecule has 116 valence electrons. The molecule has 0 amide bonds. The lowest BCUT2D eigenvalue weighted by Gasteiger charge is -2.33. The van der Waals surface area contributed by atoms with Crippen LogP contribution in [0.25, 0.3) is 0 Å². The molecule has 0 saturated carbocycles.